The van der Waals surface area contributed by atoms with E-state index in [9.17, 15) is 4.79 Å². The van der Waals surface area contributed by atoms with Crippen LogP contribution in [-0.2, 0) is 9.53 Å². The summed E-state index contributed by atoms with van der Waals surface area (Å²) in [6, 6.07) is 0. The van der Waals surface area contributed by atoms with E-state index in [0.29, 0.717) is 5.82 Å². The molecule has 12 heavy (non-hydrogen) atoms. The van der Waals surface area contributed by atoms with E-state index >= 15 is 0 Å². The second-order valence-electron chi connectivity index (χ2n) is 2.16. The third-order valence-electron chi connectivity index (χ3n) is 1.34. The van der Waals surface area contributed by atoms with Gasteiger partial charge in [-0.25, -0.2) is 0 Å². The molecule has 1 unspecified atom stereocenters. The maximum atomic E-state index is 11.1. The van der Waals surface area contributed by atoms with Gasteiger partial charge in [0.2, 0.25) is 0 Å². The topological polar surface area (TPSA) is 64.1 Å². The fourth-order valence-corrected chi connectivity index (χ4v) is 0.929. The summed E-state index contributed by atoms with van der Waals surface area (Å²) in [6.07, 6.45) is 1.03. The molecule has 1 aromatic rings. The average Bonchev–Trinajstić information content (AvgIpc) is 2.55. The van der Waals surface area contributed by atoms with E-state index in [1.165, 1.54) is 13.3 Å². The summed E-state index contributed by atoms with van der Waals surface area (Å²) >= 11 is 1.05. The van der Waals surface area contributed by atoms with Crippen molar-refractivity contribution in [3.05, 3.63) is 6.20 Å². The van der Waals surface area contributed by atoms with Gasteiger partial charge in [-0.05, 0) is 6.92 Å². The highest BCUT2D eigenvalue weighted by atomic mass is 32.1. The monoisotopic (exact) mass is 187 g/mol. The van der Waals surface area contributed by atoms with Crippen molar-refractivity contribution in [2.24, 2.45) is 0 Å². The largest absolute Gasteiger partial charge is 0.372 e. The van der Waals surface area contributed by atoms with Gasteiger partial charge in [-0.3, -0.25) is 4.79 Å². The summed E-state index contributed by atoms with van der Waals surface area (Å²) in [4.78, 5) is 11.1. The average molecular weight is 187 g/mol. The summed E-state index contributed by atoms with van der Waals surface area (Å²) in [6.45, 7) is 1.66. The number of amides is 1. The minimum atomic E-state index is -0.466. The molecule has 0 aliphatic heterocycles. The molecule has 1 rings (SSSR count). The van der Waals surface area contributed by atoms with Crippen LogP contribution in [0.4, 0.5) is 5.82 Å². The van der Waals surface area contributed by atoms with Gasteiger partial charge in [-0.15, -0.1) is 0 Å². The lowest BCUT2D eigenvalue weighted by atomic mass is 10.4. The van der Waals surface area contributed by atoms with Gasteiger partial charge in [0.05, 0.1) is 17.9 Å². The van der Waals surface area contributed by atoms with Crippen molar-refractivity contribution in [1.82, 2.24) is 8.75 Å². The first-order valence-electron chi connectivity index (χ1n) is 3.35. The first-order chi connectivity index (χ1) is 5.74. The first kappa shape index (κ1) is 9.08. The summed E-state index contributed by atoms with van der Waals surface area (Å²) in [7, 11) is 1.48. The summed E-state index contributed by atoms with van der Waals surface area (Å²) < 4.78 is 12.4. The number of hydrogen-bond donors (Lipinski definition) is 1. The number of carbonyl (C=O) groups is 1. The Morgan fingerprint density at radius 1 is 1.83 bits per heavy atom. The van der Waals surface area contributed by atoms with Crippen LogP contribution in [-0.4, -0.2) is 27.9 Å². The van der Waals surface area contributed by atoms with Crippen molar-refractivity contribution >= 4 is 23.5 Å². The summed E-state index contributed by atoms with van der Waals surface area (Å²) in [5.74, 6) is 0.249. The number of ether oxygens (including phenoxy) is 1. The highest BCUT2D eigenvalue weighted by Crippen LogP contribution is 2.02. The first-order valence-corrected chi connectivity index (χ1v) is 4.08. The molecule has 1 amide bonds. The number of methoxy groups -OCH3 is 1. The van der Waals surface area contributed by atoms with Gasteiger partial charge >= 0.3 is 0 Å². The zero-order chi connectivity index (χ0) is 8.97. The number of anilines is 1. The van der Waals surface area contributed by atoms with Crippen molar-refractivity contribution in [1.29, 1.82) is 0 Å². The number of nitrogens with one attached hydrogen (secondary N) is 1. The van der Waals surface area contributed by atoms with E-state index in [-0.39, 0.29) is 5.91 Å². The molecule has 0 saturated heterocycles. The Morgan fingerprint density at radius 3 is 3.08 bits per heavy atom. The Hall–Kier alpha value is -1.01. The van der Waals surface area contributed by atoms with E-state index in [1.807, 2.05) is 0 Å². The smallest absolute Gasteiger partial charge is 0.254 e. The number of rotatable bonds is 3. The lowest BCUT2D eigenvalue weighted by Crippen LogP contribution is -2.26. The predicted octanol–water partition coefficient (Wildman–Crippen LogP) is 0.512. The Kier molecular flexibility index (Phi) is 3.12. The molecule has 0 spiro atoms. The van der Waals surface area contributed by atoms with E-state index in [2.05, 4.69) is 14.1 Å². The lowest BCUT2D eigenvalue weighted by Gasteiger charge is -2.07. The van der Waals surface area contributed by atoms with Crippen LogP contribution in [0.2, 0.25) is 0 Å². The second kappa shape index (κ2) is 4.13. The Bertz CT molecular complexity index is 249. The quantitative estimate of drug-likeness (QED) is 0.748. The van der Waals surface area contributed by atoms with Gasteiger partial charge < -0.3 is 10.1 Å². The molecule has 0 aromatic carbocycles. The molecular weight excluding hydrogens is 178 g/mol. The summed E-state index contributed by atoms with van der Waals surface area (Å²) in [5.41, 5.74) is 0. The lowest BCUT2D eigenvalue weighted by molar-refractivity contribution is -0.124. The molecule has 0 saturated carbocycles. The maximum absolute atomic E-state index is 11.1. The van der Waals surface area contributed by atoms with E-state index in [4.69, 9.17) is 4.74 Å². The molecule has 5 nitrogen and oxygen atoms in total. The Labute approximate surface area is 74.1 Å². The molecule has 6 heteroatoms. The number of aromatic nitrogens is 2. The van der Waals surface area contributed by atoms with Crippen LogP contribution >= 0.6 is 11.7 Å². The molecule has 1 N–H and O–H groups in total. The highest BCUT2D eigenvalue weighted by molar-refractivity contribution is 6.99. The molecule has 1 heterocycles. The van der Waals surface area contributed by atoms with Gasteiger partial charge in [-0.1, -0.05) is 0 Å². The Balaban J connectivity index is 2.47. The van der Waals surface area contributed by atoms with Crippen LogP contribution in [0, 0.1) is 0 Å². The van der Waals surface area contributed by atoms with Gasteiger partial charge in [0, 0.05) is 7.11 Å². The molecule has 0 fully saturated rings. The molecule has 66 valence electrons. The zero-order valence-electron chi connectivity index (χ0n) is 6.77. The molecule has 1 atom stereocenters. The highest BCUT2D eigenvalue weighted by Gasteiger charge is 2.11. The molecule has 1 aromatic heterocycles. The maximum Gasteiger partial charge on any atom is 0.254 e. The zero-order valence-corrected chi connectivity index (χ0v) is 7.59. The second-order valence-corrected chi connectivity index (χ2v) is 2.72. The van der Waals surface area contributed by atoms with Gasteiger partial charge in [0.25, 0.3) is 5.91 Å². The molecule has 0 bridgehead atoms. The third kappa shape index (κ3) is 2.24. The van der Waals surface area contributed by atoms with E-state index in [1.54, 1.807) is 6.92 Å². The van der Waals surface area contributed by atoms with Gasteiger partial charge in [0.15, 0.2) is 5.82 Å². The fourth-order valence-electron chi connectivity index (χ4n) is 0.555. The molecule has 0 aliphatic carbocycles. The minimum Gasteiger partial charge on any atom is -0.372 e. The third-order valence-corrected chi connectivity index (χ3v) is 1.81. The van der Waals surface area contributed by atoms with Crippen LogP contribution in [0.15, 0.2) is 6.20 Å². The van der Waals surface area contributed by atoms with Crippen molar-refractivity contribution in [2.45, 2.75) is 13.0 Å². The minimum absolute atomic E-state index is 0.217. The van der Waals surface area contributed by atoms with E-state index < -0.39 is 6.10 Å². The van der Waals surface area contributed by atoms with Crippen LogP contribution < -0.4 is 5.32 Å². The molecule has 0 aliphatic rings. The predicted molar refractivity (Wildman–Crippen MR) is 45.0 cm³/mol. The standard InChI is InChI=1S/C6H9N3O2S/c1-4(11-2)6(10)8-5-3-7-12-9-5/h3-4H,1-2H3,(H,8,9,10). The molecule has 0 radical (unpaired) electrons. The van der Waals surface area contributed by atoms with Crippen molar-refractivity contribution < 1.29 is 9.53 Å². The SMILES string of the molecule is COC(C)C(=O)Nc1cnsn1. The van der Waals surface area contributed by atoms with Crippen molar-refractivity contribution in [3.8, 4) is 0 Å². The van der Waals surface area contributed by atoms with Crippen molar-refractivity contribution in [3.63, 3.8) is 0 Å². The van der Waals surface area contributed by atoms with Crippen LogP contribution in [0.5, 0.6) is 0 Å². The van der Waals surface area contributed by atoms with Crippen molar-refractivity contribution in [2.75, 3.05) is 12.4 Å². The number of carbonyl (C=O) groups excluding carboxylic acids is 1. The van der Waals surface area contributed by atoms with Gasteiger partial charge in [0.1, 0.15) is 6.10 Å². The number of hydrogen-bond acceptors (Lipinski definition) is 5. The van der Waals surface area contributed by atoms with Crippen LogP contribution in [0.3, 0.4) is 0 Å². The molecular formula is C6H9N3O2S. The summed E-state index contributed by atoms with van der Waals surface area (Å²) in [5, 5.41) is 2.55. The Morgan fingerprint density at radius 2 is 2.58 bits per heavy atom. The van der Waals surface area contributed by atoms with Crippen LogP contribution in [0.25, 0.3) is 0 Å². The van der Waals surface area contributed by atoms with E-state index in [0.717, 1.165) is 11.7 Å². The van der Waals surface area contributed by atoms with Gasteiger partial charge in [-0.2, -0.15) is 8.75 Å². The fraction of sp³-hybridized carbons (Fsp3) is 0.500. The van der Waals surface area contributed by atoms with Crippen LogP contribution in [0.1, 0.15) is 6.92 Å². The number of nitrogens with zero attached hydrogens (tertiary/aromatic N) is 2. The normalized spacial score (nSPS) is 12.5.